The Kier molecular flexibility index (Phi) is 4.83. The average molecular weight is 399 g/mol. The Hall–Kier alpha value is -1.33. The van der Waals surface area contributed by atoms with E-state index in [1.165, 1.54) is 0 Å². The second-order valence-electron chi connectivity index (χ2n) is 4.26. The molecular formula is C15H13Br2NO2. The number of aryl methyl sites for hydroxylation is 1. The Morgan fingerprint density at radius 2 is 1.90 bits per heavy atom. The number of carbonyl (C=O) groups is 1. The van der Waals surface area contributed by atoms with Crippen LogP contribution < -0.4 is 10.1 Å². The lowest BCUT2D eigenvalue weighted by Gasteiger charge is -2.10. The fraction of sp³-hybridized carbons (Fsp3) is 0.133. The van der Waals surface area contributed by atoms with Crippen LogP contribution in [0.5, 0.6) is 5.75 Å². The maximum atomic E-state index is 12.3. The molecule has 0 saturated carbocycles. The van der Waals surface area contributed by atoms with E-state index in [1.807, 2.05) is 37.3 Å². The van der Waals surface area contributed by atoms with Gasteiger partial charge in [-0.05, 0) is 64.8 Å². The third kappa shape index (κ3) is 3.41. The molecule has 0 fully saturated rings. The minimum atomic E-state index is -0.164. The van der Waals surface area contributed by atoms with Gasteiger partial charge in [0.2, 0.25) is 0 Å². The van der Waals surface area contributed by atoms with Gasteiger partial charge in [0.05, 0.1) is 12.7 Å². The van der Waals surface area contributed by atoms with Crippen LogP contribution in [0.15, 0.2) is 45.3 Å². The lowest BCUT2D eigenvalue weighted by molar-refractivity contribution is 0.102. The van der Waals surface area contributed by atoms with Crippen LogP contribution in [-0.2, 0) is 0 Å². The van der Waals surface area contributed by atoms with Crippen LogP contribution in [0.1, 0.15) is 15.9 Å². The van der Waals surface area contributed by atoms with Gasteiger partial charge in [0.15, 0.2) is 0 Å². The molecule has 20 heavy (non-hydrogen) atoms. The second kappa shape index (κ2) is 6.41. The highest BCUT2D eigenvalue weighted by Crippen LogP contribution is 2.25. The molecule has 0 aliphatic heterocycles. The SMILES string of the molecule is COc1ccc(NC(=O)c2cc(Br)ccc2Br)cc1C. The number of nitrogens with one attached hydrogen (secondary N) is 1. The largest absolute Gasteiger partial charge is 0.496 e. The van der Waals surface area contributed by atoms with Gasteiger partial charge in [-0.25, -0.2) is 0 Å². The number of rotatable bonds is 3. The summed E-state index contributed by atoms with van der Waals surface area (Å²) in [6.45, 7) is 1.93. The Morgan fingerprint density at radius 3 is 2.55 bits per heavy atom. The molecule has 0 spiro atoms. The van der Waals surface area contributed by atoms with Gasteiger partial charge in [0.1, 0.15) is 5.75 Å². The van der Waals surface area contributed by atoms with Gasteiger partial charge >= 0.3 is 0 Å². The minimum absolute atomic E-state index is 0.164. The number of halogens is 2. The van der Waals surface area contributed by atoms with Gasteiger partial charge in [-0.2, -0.15) is 0 Å². The normalized spacial score (nSPS) is 10.2. The molecule has 2 aromatic rings. The number of anilines is 1. The molecule has 0 aliphatic rings. The predicted octanol–water partition coefficient (Wildman–Crippen LogP) is 4.78. The Bertz CT molecular complexity index is 656. The van der Waals surface area contributed by atoms with Crippen molar-refractivity contribution in [3.63, 3.8) is 0 Å². The monoisotopic (exact) mass is 397 g/mol. The van der Waals surface area contributed by atoms with Crippen LogP contribution in [0.25, 0.3) is 0 Å². The Labute approximate surface area is 134 Å². The summed E-state index contributed by atoms with van der Waals surface area (Å²) < 4.78 is 6.81. The minimum Gasteiger partial charge on any atom is -0.496 e. The van der Waals surface area contributed by atoms with E-state index < -0.39 is 0 Å². The summed E-state index contributed by atoms with van der Waals surface area (Å²) in [5.74, 6) is 0.634. The second-order valence-corrected chi connectivity index (χ2v) is 6.03. The number of benzene rings is 2. The quantitative estimate of drug-likeness (QED) is 0.807. The van der Waals surface area contributed by atoms with E-state index in [-0.39, 0.29) is 5.91 Å². The molecule has 5 heteroatoms. The Balaban J connectivity index is 2.23. The van der Waals surface area contributed by atoms with E-state index in [9.17, 15) is 4.79 Å². The first-order chi connectivity index (χ1) is 9.51. The number of hydrogen-bond donors (Lipinski definition) is 1. The molecule has 3 nitrogen and oxygen atoms in total. The molecule has 0 unspecified atom stereocenters. The number of carbonyl (C=O) groups excluding carboxylic acids is 1. The Morgan fingerprint density at radius 1 is 1.15 bits per heavy atom. The summed E-state index contributed by atoms with van der Waals surface area (Å²) in [5.41, 5.74) is 2.28. The van der Waals surface area contributed by atoms with E-state index in [4.69, 9.17) is 4.74 Å². The van der Waals surface area contributed by atoms with Crippen LogP contribution >= 0.6 is 31.9 Å². The van der Waals surface area contributed by atoms with Gasteiger partial charge in [-0.3, -0.25) is 4.79 Å². The zero-order chi connectivity index (χ0) is 14.7. The third-order valence-corrected chi connectivity index (χ3v) is 4.01. The lowest BCUT2D eigenvalue weighted by Crippen LogP contribution is -2.12. The number of hydrogen-bond acceptors (Lipinski definition) is 2. The van der Waals surface area contributed by atoms with Crippen LogP contribution in [0, 0.1) is 6.92 Å². The van der Waals surface area contributed by atoms with Crippen LogP contribution in [-0.4, -0.2) is 13.0 Å². The van der Waals surface area contributed by atoms with Crippen LogP contribution in [0.4, 0.5) is 5.69 Å². The van der Waals surface area contributed by atoms with Crippen molar-refractivity contribution in [3.05, 3.63) is 56.5 Å². The first-order valence-corrected chi connectivity index (χ1v) is 7.51. The maximum absolute atomic E-state index is 12.3. The van der Waals surface area contributed by atoms with E-state index in [2.05, 4.69) is 37.2 Å². The van der Waals surface area contributed by atoms with Crippen molar-refractivity contribution < 1.29 is 9.53 Å². The molecule has 0 aromatic heterocycles. The lowest BCUT2D eigenvalue weighted by atomic mass is 10.1. The van der Waals surface area contributed by atoms with Crippen molar-refractivity contribution in [1.82, 2.24) is 0 Å². The average Bonchev–Trinajstić information content (AvgIpc) is 2.41. The van der Waals surface area contributed by atoms with Gasteiger partial charge in [0.25, 0.3) is 5.91 Å². The summed E-state index contributed by atoms with van der Waals surface area (Å²) in [4.78, 5) is 12.3. The standard InChI is InChI=1S/C15H13Br2NO2/c1-9-7-11(4-6-14(9)20-2)18-15(19)12-8-10(16)3-5-13(12)17/h3-8H,1-2H3,(H,18,19). The molecule has 0 saturated heterocycles. The van der Waals surface area contributed by atoms with Crippen LogP contribution in [0.3, 0.4) is 0 Å². The number of ether oxygens (including phenoxy) is 1. The molecule has 1 amide bonds. The molecule has 1 N–H and O–H groups in total. The molecule has 0 heterocycles. The molecule has 0 bridgehead atoms. The zero-order valence-electron chi connectivity index (χ0n) is 11.0. The van der Waals surface area contributed by atoms with Crippen molar-refractivity contribution in [2.75, 3.05) is 12.4 Å². The van der Waals surface area contributed by atoms with E-state index in [0.717, 1.165) is 25.9 Å². The topological polar surface area (TPSA) is 38.3 Å². The predicted molar refractivity (Wildman–Crippen MR) is 87.5 cm³/mol. The van der Waals surface area contributed by atoms with E-state index >= 15 is 0 Å². The molecule has 2 aromatic carbocycles. The van der Waals surface area contributed by atoms with Crippen molar-refractivity contribution in [2.24, 2.45) is 0 Å². The first-order valence-electron chi connectivity index (χ1n) is 5.92. The smallest absolute Gasteiger partial charge is 0.256 e. The van der Waals surface area contributed by atoms with Gasteiger partial charge < -0.3 is 10.1 Å². The van der Waals surface area contributed by atoms with E-state index in [1.54, 1.807) is 13.2 Å². The fourth-order valence-electron chi connectivity index (χ4n) is 1.83. The zero-order valence-corrected chi connectivity index (χ0v) is 14.2. The highest BCUT2D eigenvalue weighted by molar-refractivity contribution is 9.11. The summed E-state index contributed by atoms with van der Waals surface area (Å²) >= 11 is 6.74. The third-order valence-electron chi connectivity index (χ3n) is 2.83. The van der Waals surface area contributed by atoms with E-state index in [0.29, 0.717) is 5.56 Å². The van der Waals surface area contributed by atoms with Gasteiger partial charge in [0, 0.05) is 14.6 Å². The summed E-state index contributed by atoms with van der Waals surface area (Å²) in [5, 5.41) is 2.87. The number of methoxy groups -OCH3 is 1. The highest BCUT2D eigenvalue weighted by Gasteiger charge is 2.11. The van der Waals surface area contributed by atoms with Crippen LogP contribution in [0.2, 0.25) is 0 Å². The summed E-state index contributed by atoms with van der Waals surface area (Å²) in [7, 11) is 1.62. The maximum Gasteiger partial charge on any atom is 0.256 e. The van der Waals surface area contributed by atoms with Crippen molar-refractivity contribution in [1.29, 1.82) is 0 Å². The van der Waals surface area contributed by atoms with Gasteiger partial charge in [-0.1, -0.05) is 15.9 Å². The van der Waals surface area contributed by atoms with Gasteiger partial charge in [-0.15, -0.1) is 0 Å². The molecule has 2 rings (SSSR count). The van der Waals surface area contributed by atoms with Crippen molar-refractivity contribution >= 4 is 43.5 Å². The fourth-order valence-corrected chi connectivity index (χ4v) is 2.61. The highest BCUT2D eigenvalue weighted by atomic mass is 79.9. The molecule has 0 radical (unpaired) electrons. The first kappa shape index (κ1) is 15.1. The molecule has 104 valence electrons. The van der Waals surface area contributed by atoms with Crippen molar-refractivity contribution in [3.8, 4) is 5.75 Å². The molecule has 0 aliphatic carbocycles. The summed E-state index contributed by atoms with van der Waals surface area (Å²) in [6, 6.07) is 11.0. The number of amides is 1. The molecule has 0 atom stereocenters. The summed E-state index contributed by atoms with van der Waals surface area (Å²) in [6.07, 6.45) is 0. The van der Waals surface area contributed by atoms with Crippen molar-refractivity contribution in [2.45, 2.75) is 6.92 Å². The molecular weight excluding hydrogens is 386 g/mol.